The van der Waals surface area contributed by atoms with Crippen molar-refractivity contribution in [3.8, 4) is 5.75 Å². The molecule has 2 heterocycles. The molecule has 1 unspecified atom stereocenters. The first-order chi connectivity index (χ1) is 15.0. The molecule has 1 saturated heterocycles. The molecule has 6 nitrogen and oxygen atoms in total. The Hall–Kier alpha value is -3.36. The number of aromatic nitrogens is 1. The monoisotopic (exact) mass is 446 g/mol. The fourth-order valence-corrected chi connectivity index (χ4v) is 5.26. The van der Waals surface area contributed by atoms with Gasteiger partial charge in [-0.05, 0) is 36.4 Å². The van der Waals surface area contributed by atoms with Crippen LogP contribution in [0.15, 0.2) is 66.7 Å². The summed E-state index contributed by atoms with van der Waals surface area (Å²) in [5.74, 6) is -1.74. The average Bonchev–Trinajstić information content (AvgIpc) is 3.22. The molecule has 5 rings (SSSR count). The minimum Gasteiger partial charge on any atom is -0.508 e. The van der Waals surface area contributed by atoms with Crippen molar-refractivity contribution >= 4 is 51.5 Å². The van der Waals surface area contributed by atoms with Crippen LogP contribution in [-0.2, 0) is 4.79 Å². The molecular formula is C23H14N2O4S2. The molecule has 1 aromatic heterocycles. The van der Waals surface area contributed by atoms with Crippen LogP contribution in [0.5, 0.6) is 5.75 Å². The number of rotatable bonds is 3. The van der Waals surface area contributed by atoms with E-state index < -0.39 is 11.2 Å². The second-order valence-corrected chi connectivity index (χ2v) is 8.89. The molecule has 0 bridgehead atoms. The lowest BCUT2D eigenvalue weighted by atomic mass is 9.98. The van der Waals surface area contributed by atoms with Gasteiger partial charge >= 0.3 is 0 Å². The SMILES string of the molecule is O=C1c2ccccc2C(=O)C1c1cccc(C2SC(=S)N(c3ccc(O)cc3)C2=O)n1. The third-order valence-electron chi connectivity index (χ3n) is 5.29. The molecule has 1 N–H and O–H groups in total. The minimum absolute atomic E-state index is 0.0896. The fourth-order valence-electron chi connectivity index (χ4n) is 3.82. The van der Waals surface area contributed by atoms with E-state index in [0.717, 1.165) is 0 Å². The van der Waals surface area contributed by atoms with Crippen LogP contribution >= 0.6 is 24.0 Å². The lowest BCUT2D eigenvalue weighted by Crippen LogP contribution is -2.29. The van der Waals surface area contributed by atoms with Gasteiger partial charge in [0.15, 0.2) is 11.6 Å². The van der Waals surface area contributed by atoms with Crippen molar-refractivity contribution in [3.05, 3.63) is 89.2 Å². The van der Waals surface area contributed by atoms with Crippen molar-refractivity contribution in [2.75, 3.05) is 4.90 Å². The lowest BCUT2D eigenvalue weighted by molar-refractivity contribution is -0.117. The Balaban J connectivity index is 1.47. The number of hydrogen-bond donors (Lipinski definition) is 1. The first kappa shape index (κ1) is 19.6. The molecule has 1 fully saturated rings. The maximum absolute atomic E-state index is 13.1. The highest BCUT2D eigenvalue weighted by molar-refractivity contribution is 8.24. The molecule has 0 spiro atoms. The molecule has 2 aromatic carbocycles. The summed E-state index contributed by atoms with van der Waals surface area (Å²) in [6, 6.07) is 17.9. The largest absolute Gasteiger partial charge is 0.508 e. The van der Waals surface area contributed by atoms with E-state index in [4.69, 9.17) is 12.2 Å². The molecule has 3 aromatic rings. The zero-order valence-electron chi connectivity index (χ0n) is 15.9. The van der Waals surface area contributed by atoms with Crippen LogP contribution in [0.1, 0.15) is 43.3 Å². The van der Waals surface area contributed by atoms with E-state index in [0.29, 0.717) is 32.5 Å². The van der Waals surface area contributed by atoms with Crippen molar-refractivity contribution in [2.24, 2.45) is 0 Å². The number of amides is 1. The molecule has 152 valence electrons. The van der Waals surface area contributed by atoms with Crippen LogP contribution < -0.4 is 4.90 Å². The molecule has 2 aliphatic rings. The Bertz CT molecular complexity index is 1240. The average molecular weight is 447 g/mol. The van der Waals surface area contributed by atoms with E-state index in [1.807, 2.05) is 0 Å². The quantitative estimate of drug-likeness (QED) is 0.480. The van der Waals surface area contributed by atoms with E-state index >= 15 is 0 Å². The normalized spacial score (nSPS) is 18.7. The summed E-state index contributed by atoms with van der Waals surface area (Å²) >= 11 is 6.59. The van der Waals surface area contributed by atoms with Crippen LogP contribution in [-0.4, -0.2) is 31.9 Å². The number of anilines is 1. The zero-order valence-corrected chi connectivity index (χ0v) is 17.5. The smallest absolute Gasteiger partial charge is 0.252 e. The molecule has 8 heteroatoms. The van der Waals surface area contributed by atoms with Gasteiger partial charge in [0.25, 0.3) is 5.91 Å². The number of fused-ring (bicyclic) bond motifs is 1. The predicted molar refractivity (Wildman–Crippen MR) is 121 cm³/mol. The van der Waals surface area contributed by atoms with Crippen molar-refractivity contribution in [1.82, 2.24) is 4.98 Å². The molecule has 1 aliphatic carbocycles. The summed E-state index contributed by atoms with van der Waals surface area (Å²) in [6.45, 7) is 0. The number of nitrogens with zero attached hydrogens (tertiary/aromatic N) is 2. The van der Waals surface area contributed by atoms with Crippen LogP contribution in [0.3, 0.4) is 0 Å². The number of Topliss-reactive ketones (excluding diaryl/α,β-unsaturated/α-hetero) is 2. The van der Waals surface area contributed by atoms with Crippen molar-refractivity contribution in [3.63, 3.8) is 0 Å². The van der Waals surface area contributed by atoms with Crippen LogP contribution in [0.4, 0.5) is 5.69 Å². The van der Waals surface area contributed by atoms with E-state index in [1.165, 1.54) is 28.8 Å². The molecule has 31 heavy (non-hydrogen) atoms. The number of benzene rings is 2. The van der Waals surface area contributed by atoms with Gasteiger partial charge < -0.3 is 5.11 Å². The summed E-state index contributed by atoms with van der Waals surface area (Å²) in [5.41, 5.74) is 2.11. The maximum atomic E-state index is 13.1. The number of aromatic hydroxyl groups is 1. The van der Waals surface area contributed by atoms with Gasteiger partial charge in [-0.25, -0.2) is 0 Å². The second-order valence-electron chi connectivity index (χ2n) is 7.15. The fraction of sp³-hybridized carbons (Fsp3) is 0.0870. The Labute approximate surface area is 186 Å². The van der Waals surface area contributed by atoms with Gasteiger partial charge in [0.2, 0.25) is 0 Å². The van der Waals surface area contributed by atoms with Crippen molar-refractivity contribution in [2.45, 2.75) is 11.2 Å². The third kappa shape index (κ3) is 3.15. The number of pyridine rings is 1. The van der Waals surface area contributed by atoms with Gasteiger partial charge in [-0.3, -0.25) is 24.3 Å². The zero-order chi connectivity index (χ0) is 21.7. The molecular weight excluding hydrogens is 432 g/mol. The van der Waals surface area contributed by atoms with Gasteiger partial charge in [-0.2, -0.15) is 0 Å². The van der Waals surface area contributed by atoms with Gasteiger partial charge in [-0.15, -0.1) is 0 Å². The highest BCUT2D eigenvalue weighted by Crippen LogP contribution is 2.42. The number of thiocarbonyl (C=S) groups is 1. The minimum atomic E-state index is -1.00. The number of carbonyl (C=O) groups excluding carboxylic acids is 3. The number of hydrogen-bond acceptors (Lipinski definition) is 7. The predicted octanol–water partition coefficient (Wildman–Crippen LogP) is 4.06. The summed E-state index contributed by atoms with van der Waals surface area (Å²) < 4.78 is 0.369. The van der Waals surface area contributed by atoms with E-state index in [1.54, 1.807) is 54.6 Å². The maximum Gasteiger partial charge on any atom is 0.252 e. The van der Waals surface area contributed by atoms with Gasteiger partial charge in [-0.1, -0.05) is 54.3 Å². The van der Waals surface area contributed by atoms with Crippen molar-refractivity contribution < 1.29 is 19.5 Å². The topological polar surface area (TPSA) is 87.6 Å². The van der Waals surface area contributed by atoms with Crippen LogP contribution in [0.2, 0.25) is 0 Å². The van der Waals surface area contributed by atoms with E-state index in [2.05, 4.69) is 4.98 Å². The number of carbonyl (C=O) groups is 3. The Morgan fingerprint density at radius 2 is 1.45 bits per heavy atom. The van der Waals surface area contributed by atoms with Gasteiger partial charge in [0, 0.05) is 11.1 Å². The number of ketones is 2. The standard InChI is InChI=1S/C23H14N2O4S2/c26-13-10-8-12(9-11-13)25-22(29)21(31-23(25)30)17-7-3-6-16(24-17)18-19(27)14-4-1-2-5-15(14)20(18)28/h1-11,18,21,26H. The van der Waals surface area contributed by atoms with E-state index in [9.17, 15) is 19.5 Å². The van der Waals surface area contributed by atoms with Crippen LogP contribution in [0.25, 0.3) is 0 Å². The summed E-state index contributed by atoms with van der Waals surface area (Å²) in [4.78, 5) is 44.7. The summed E-state index contributed by atoms with van der Waals surface area (Å²) in [5, 5.41) is 8.81. The Morgan fingerprint density at radius 1 is 0.839 bits per heavy atom. The second kappa shape index (κ2) is 7.40. The molecule has 0 radical (unpaired) electrons. The summed E-state index contributed by atoms with van der Waals surface area (Å²) in [7, 11) is 0. The number of thioether (sulfide) groups is 1. The molecule has 1 amide bonds. The molecule has 1 aliphatic heterocycles. The first-order valence-corrected chi connectivity index (χ1v) is 10.7. The highest BCUT2D eigenvalue weighted by atomic mass is 32.2. The van der Waals surface area contributed by atoms with Crippen LogP contribution in [0, 0.1) is 0 Å². The molecule has 1 atom stereocenters. The van der Waals surface area contributed by atoms with Crippen molar-refractivity contribution in [1.29, 1.82) is 0 Å². The number of phenols is 1. The first-order valence-electron chi connectivity index (χ1n) is 9.43. The van der Waals surface area contributed by atoms with Gasteiger partial charge in [0.1, 0.15) is 21.2 Å². The highest BCUT2D eigenvalue weighted by Gasteiger charge is 2.42. The third-order valence-corrected chi connectivity index (χ3v) is 6.83. The lowest BCUT2D eigenvalue weighted by Gasteiger charge is -2.16. The van der Waals surface area contributed by atoms with Gasteiger partial charge in [0.05, 0.1) is 17.1 Å². The molecule has 0 saturated carbocycles. The van der Waals surface area contributed by atoms with E-state index in [-0.39, 0.29) is 23.2 Å². The Morgan fingerprint density at radius 3 is 2.10 bits per heavy atom. The Kier molecular flexibility index (Phi) is 4.68. The number of phenolic OH excluding ortho intramolecular Hbond substituents is 1. The summed E-state index contributed by atoms with van der Waals surface area (Å²) in [6.07, 6.45) is 0.